The van der Waals surface area contributed by atoms with Crippen molar-refractivity contribution in [1.82, 2.24) is 35.1 Å². The minimum atomic E-state index is -6.55. The number of halogens is 8. The van der Waals surface area contributed by atoms with E-state index in [2.05, 4.69) is 31.0 Å². The molecule has 0 atom stereocenters. The molecule has 5 rings (SSSR count). The topological polar surface area (TPSA) is 120 Å². The van der Waals surface area contributed by atoms with Gasteiger partial charge in [0.05, 0.1) is 29.7 Å². The van der Waals surface area contributed by atoms with Gasteiger partial charge in [-0.2, -0.15) is 35.8 Å². The van der Waals surface area contributed by atoms with E-state index in [-0.39, 0.29) is 46.6 Å². The lowest BCUT2D eigenvalue weighted by Crippen LogP contribution is -2.50. The van der Waals surface area contributed by atoms with Crippen LogP contribution in [0.4, 0.5) is 36.4 Å². The summed E-state index contributed by atoms with van der Waals surface area (Å²) in [4.78, 5) is 31.0. The fourth-order valence-electron chi connectivity index (χ4n) is 4.31. The molecule has 2 N–H and O–H groups in total. The van der Waals surface area contributed by atoms with Crippen LogP contribution in [-0.4, -0.2) is 59.7 Å². The smallest absolute Gasteiger partial charge is 0.349 e. The predicted octanol–water partition coefficient (Wildman–Crippen LogP) is 5.56. The molecule has 0 aliphatic heterocycles. The van der Waals surface area contributed by atoms with Crippen molar-refractivity contribution in [2.75, 3.05) is 5.32 Å². The molecule has 0 saturated heterocycles. The lowest BCUT2D eigenvalue weighted by Gasteiger charge is -2.26. The van der Waals surface area contributed by atoms with Crippen LogP contribution in [0.1, 0.15) is 56.2 Å². The molecule has 0 spiro atoms. The van der Waals surface area contributed by atoms with Crippen LogP contribution in [0.3, 0.4) is 0 Å². The van der Waals surface area contributed by atoms with Gasteiger partial charge in [-0.05, 0) is 84.7 Å². The molecule has 3 aromatic heterocycles. The Bertz CT molecular complexity index is 1780. The average molecular weight is 750 g/mol. The van der Waals surface area contributed by atoms with Crippen molar-refractivity contribution in [2.45, 2.75) is 57.3 Å². The first-order valence-electron chi connectivity index (χ1n) is 13.2. The monoisotopic (exact) mass is 750 g/mol. The molecular weight excluding hydrogens is 728 g/mol. The van der Waals surface area contributed by atoms with E-state index in [9.17, 15) is 40.3 Å². The molecule has 238 valence electrons. The zero-order valence-corrected chi connectivity index (χ0v) is 25.4. The van der Waals surface area contributed by atoms with Gasteiger partial charge in [0.1, 0.15) is 5.69 Å². The Kier molecular flexibility index (Phi) is 8.38. The molecule has 4 aromatic rings. The number of pyridine rings is 1. The van der Waals surface area contributed by atoms with Crippen molar-refractivity contribution in [3.05, 3.63) is 80.1 Å². The summed E-state index contributed by atoms with van der Waals surface area (Å²) >= 11 is 2.05. The first-order chi connectivity index (χ1) is 21.0. The Morgan fingerprint density at radius 1 is 1.02 bits per heavy atom. The minimum Gasteiger partial charge on any atom is -0.349 e. The van der Waals surface area contributed by atoms with E-state index in [1.807, 2.05) is 22.6 Å². The highest BCUT2D eigenvalue weighted by Gasteiger charge is 2.74. The molecule has 0 radical (unpaired) electrons. The van der Waals surface area contributed by atoms with E-state index < -0.39 is 36.2 Å². The Balaban J connectivity index is 1.49. The zero-order chi connectivity index (χ0) is 32.9. The third kappa shape index (κ3) is 6.36. The summed E-state index contributed by atoms with van der Waals surface area (Å²) in [6, 6.07) is 7.98. The molecular formula is C27H22F7IN8O2. The molecule has 0 unspecified atom stereocenters. The Hall–Kier alpha value is -4.10. The van der Waals surface area contributed by atoms with Gasteiger partial charge in [0.15, 0.2) is 11.5 Å². The van der Waals surface area contributed by atoms with Crippen molar-refractivity contribution >= 4 is 40.1 Å². The number of benzene rings is 1. The molecule has 1 aliphatic carbocycles. The second-order valence-corrected chi connectivity index (χ2v) is 11.6. The van der Waals surface area contributed by atoms with Crippen molar-refractivity contribution in [3.63, 3.8) is 0 Å². The number of nitrogens with zero attached hydrogens (tertiary/aromatic N) is 6. The fourth-order valence-corrected chi connectivity index (χ4v) is 5.09. The molecule has 1 saturated carbocycles. The lowest BCUT2D eigenvalue weighted by molar-refractivity contribution is -0.360. The number of carbonyl (C=O) groups excluding carboxylic acids is 2. The molecule has 18 heteroatoms. The average Bonchev–Trinajstić information content (AvgIpc) is 3.46. The molecule has 0 bridgehead atoms. The van der Waals surface area contributed by atoms with E-state index in [0.29, 0.717) is 15.8 Å². The number of hydrogen-bond donors (Lipinski definition) is 2. The first kappa shape index (κ1) is 32.3. The van der Waals surface area contributed by atoms with E-state index in [4.69, 9.17) is 0 Å². The van der Waals surface area contributed by atoms with Crippen LogP contribution in [0.15, 0.2) is 42.7 Å². The van der Waals surface area contributed by atoms with E-state index in [0.717, 1.165) is 21.1 Å². The van der Waals surface area contributed by atoms with Crippen molar-refractivity contribution in [2.24, 2.45) is 0 Å². The van der Waals surface area contributed by atoms with Crippen LogP contribution < -0.4 is 10.6 Å². The zero-order valence-electron chi connectivity index (χ0n) is 23.3. The van der Waals surface area contributed by atoms with Crippen LogP contribution in [-0.2, 0) is 12.5 Å². The summed E-state index contributed by atoms with van der Waals surface area (Å²) < 4.78 is 95.8. The number of alkyl halides is 7. The third-order valence-electron chi connectivity index (χ3n) is 6.81. The number of aromatic nitrogens is 6. The Labute approximate surface area is 263 Å². The summed E-state index contributed by atoms with van der Waals surface area (Å²) in [5.74, 6) is -13.0. The number of anilines is 1. The molecule has 1 aromatic carbocycles. The number of amides is 2. The first-order valence-corrected chi connectivity index (χ1v) is 14.2. The van der Waals surface area contributed by atoms with Crippen LogP contribution in [0.2, 0.25) is 0 Å². The Morgan fingerprint density at radius 3 is 2.38 bits per heavy atom. The van der Waals surface area contributed by atoms with Crippen molar-refractivity contribution in [3.8, 4) is 5.82 Å². The third-order valence-corrected chi connectivity index (χ3v) is 7.43. The highest BCUT2D eigenvalue weighted by molar-refractivity contribution is 14.1. The van der Waals surface area contributed by atoms with Crippen molar-refractivity contribution < 1.29 is 40.3 Å². The van der Waals surface area contributed by atoms with Crippen LogP contribution in [0.5, 0.6) is 0 Å². The van der Waals surface area contributed by atoms with E-state index in [1.165, 1.54) is 12.3 Å². The van der Waals surface area contributed by atoms with Crippen LogP contribution in [0, 0.1) is 17.4 Å². The normalized spacial score (nSPS) is 14.0. The van der Waals surface area contributed by atoms with Gasteiger partial charge in [0.25, 0.3) is 11.8 Å². The second kappa shape index (κ2) is 11.7. The predicted molar refractivity (Wildman–Crippen MR) is 152 cm³/mol. The number of carbonyl (C=O) groups is 2. The van der Waals surface area contributed by atoms with E-state index >= 15 is 0 Å². The van der Waals surface area contributed by atoms with Gasteiger partial charge < -0.3 is 10.6 Å². The van der Waals surface area contributed by atoms with E-state index in [1.54, 1.807) is 38.1 Å². The highest BCUT2D eigenvalue weighted by atomic mass is 127. The maximum absolute atomic E-state index is 14.2. The molecule has 1 aliphatic rings. The standard InChI is InChI=1S/C27H22F7IN8O2/c1-13-4-3-7-36-22(13)43-19(24(45)38-21-14(2)8-15(35)9-18(21)23(44)37-16-5-6-16)10-17(40-43)11-42-12-20(39-41-42)25(28,29)26(30,31)27(32,33)34/h3-4,7-10,12,16H,5-6,11H2,1-2H3,(H,37,44)(H,38,45). The van der Waals surface area contributed by atoms with Gasteiger partial charge in [0, 0.05) is 15.8 Å². The lowest BCUT2D eigenvalue weighted by atomic mass is 10.1. The van der Waals surface area contributed by atoms with Gasteiger partial charge >= 0.3 is 18.0 Å². The summed E-state index contributed by atoms with van der Waals surface area (Å²) in [5, 5.41) is 16.0. The maximum atomic E-state index is 14.2. The molecule has 3 heterocycles. The number of hydrogen-bond acceptors (Lipinski definition) is 6. The SMILES string of the molecule is Cc1cccnc1-n1nc(Cn2cc(C(F)(F)C(F)(F)C(F)(F)F)nn2)cc1C(=O)Nc1c(C)cc(I)cc1C(=O)NC1CC1. The van der Waals surface area contributed by atoms with Crippen LogP contribution >= 0.6 is 22.6 Å². The van der Waals surface area contributed by atoms with Crippen molar-refractivity contribution in [1.29, 1.82) is 0 Å². The van der Waals surface area contributed by atoms with Crippen LogP contribution in [0.25, 0.3) is 5.82 Å². The minimum absolute atomic E-state index is 0.0291. The summed E-state index contributed by atoms with van der Waals surface area (Å²) in [6.07, 6.45) is -3.18. The van der Waals surface area contributed by atoms with Gasteiger partial charge in [-0.15, -0.1) is 5.10 Å². The molecule has 1 fully saturated rings. The second-order valence-electron chi connectivity index (χ2n) is 10.4. The number of aryl methyl sites for hydroxylation is 2. The Morgan fingerprint density at radius 2 is 1.73 bits per heavy atom. The fraction of sp³-hybridized carbons (Fsp3) is 0.333. The number of nitrogens with one attached hydrogen (secondary N) is 2. The summed E-state index contributed by atoms with van der Waals surface area (Å²) in [6.45, 7) is 2.84. The molecule has 10 nitrogen and oxygen atoms in total. The molecule has 2 amide bonds. The highest BCUT2D eigenvalue weighted by Crippen LogP contribution is 2.51. The maximum Gasteiger partial charge on any atom is 0.460 e. The van der Waals surface area contributed by atoms with Gasteiger partial charge in [0.2, 0.25) is 0 Å². The van der Waals surface area contributed by atoms with Gasteiger partial charge in [-0.3, -0.25) is 9.59 Å². The number of rotatable bonds is 9. The quantitative estimate of drug-likeness (QED) is 0.171. The van der Waals surface area contributed by atoms with Gasteiger partial charge in [-0.25, -0.2) is 14.3 Å². The molecule has 45 heavy (non-hydrogen) atoms. The largest absolute Gasteiger partial charge is 0.460 e. The summed E-state index contributed by atoms with van der Waals surface area (Å²) in [7, 11) is 0. The summed E-state index contributed by atoms with van der Waals surface area (Å²) in [5.41, 5.74) is -0.428. The van der Waals surface area contributed by atoms with Gasteiger partial charge in [-0.1, -0.05) is 11.3 Å².